The molecule has 4 rings (SSSR count). The Morgan fingerprint density at radius 1 is 1.11 bits per heavy atom. The van der Waals surface area contributed by atoms with Gasteiger partial charge in [0.2, 0.25) is 0 Å². The molecule has 0 spiro atoms. The van der Waals surface area contributed by atoms with Crippen LogP contribution in [0, 0.1) is 5.92 Å². The van der Waals surface area contributed by atoms with Gasteiger partial charge in [0.1, 0.15) is 17.6 Å². The van der Waals surface area contributed by atoms with Gasteiger partial charge in [0, 0.05) is 17.0 Å². The van der Waals surface area contributed by atoms with E-state index >= 15 is 0 Å². The van der Waals surface area contributed by atoms with Crippen LogP contribution in [0.1, 0.15) is 38.5 Å². The lowest BCUT2D eigenvalue weighted by Crippen LogP contribution is -2.10. The molecular weight excluding hydrogens is 420 g/mol. The fraction of sp³-hybridized carbons (Fsp3) is 0.304. The Balaban J connectivity index is 1.51. The lowest BCUT2D eigenvalue weighted by molar-refractivity contribution is -0.134. The highest BCUT2D eigenvalue weighted by atomic mass is 79.9. The molecule has 0 unspecified atom stereocenters. The molecule has 0 aliphatic heterocycles. The van der Waals surface area contributed by atoms with Crippen molar-refractivity contribution in [2.75, 3.05) is 0 Å². The van der Waals surface area contributed by atoms with E-state index in [0.29, 0.717) is 34.6 Å². The first-order valence-electron chi connectivity index (χ1n) is 9.62. The quantitative estimate of drug-likeness (QED) is 0.355. The van der Waals surface area contributed by atoms with Crippen molar-refractivity contribution in [1.29, 1.82) is 0 Å². The van der Waals surface area contributed by atoms with Crippen molar-refractivity contribution in [3.63, 3.8) is 0 Å². The summed E-state index contributed by atoms with van der Waals surface area (Å²) in [6.45, 7) is 0. The fourth-order valence-corrected chi connectivity index (χ4v) is 4.07. The Hall–Kier alpha value is -2.40. The average molecular weight is 441 g/mol. The van der Waals surface area contributed by atoms with Gasteiger partial charge in [0.25, 0.3) is 0 Å². The van der Waals surface area contributed by atoms with Gasteiger partial charge in [-0.25, -0.2) is 0 Å². The van der Waals surface area contributed by atoms with E-state index in [-0.39, 0.29) is 11.4 Å². The van der Waals surface area contributed by atoms with E-state index in [9.17, 15) is 9.59 Å². The predicted molar refractivity (Wildman–Crippen MR) is 112 cm³/mol. The summed E-state index contributed by atoms with van der Waals surface area (Å²) < 4.78 is 12.1. The maximum absolute atomic E-state index is 12.8. The van der Waals surface area contributed by atoms with Crippen molar-refractivity contribution in [3.8, 4) is 16.9 Å². The number of ether oxygens (including phenoxy) is 1. The number of carbonyl (C=O) groups is 1. The van der Waals surface area contributed by atoms with Gasteiger partial charge in [0.05, 0.1) is 10.9 Å². The molecule has 3 aromatic rings. The van der Waals surface area contributed by atoms with E-state index in [1.54, 1.807) is 18.2 Å². The zero-order valence-electron chi connectivity index (χ0n) is 15.4. The topological polar surface area (TPSA) is 56.5 Å². The summed E-state index contributed by atoms with van der Waals surface area (Å²) in [5.41, 5.74) is 1.59. The van der Waals surface area contributed by atoms with Gasteiger partial charge in [-0.2, -0.15) is 0 Å². The maximum atomic E-state index is 12.8. The maximum Gasteiger partial charge on any atom is 0.311 e. The largest absolute Gasteiger partial charge is 0.463 e. The van der Waals surface area contributed by atoms with Crippen molar-refractivity contribution in [1.82, 2.24) is 0 Å². The molecule has 1 fully saturated rings. The molecule has 5 heteroatoms. The van der Waals surface area contributed by atoms with Crippen LogP contribution >= 0.6 is 15.9 Å². The highest BCUT2D eigenvalue weighted by Crippen LogP contribution is 2.29. The third-order valence-electron chi connectivity index (χ3n) is 5.36. The summed E-state index contributed by atoms with van der Waals surface area (Å²) in [5.74, 6) is 0.822. The van der Waals surface area contributed by atoms with Crippen molar-refractivity contribution >= 4 is 32.9 Å². The Labute approximate surface area is 171 Å². The Morgan fingerprint density at radius 3 is 2.61 bits per heavy atom. The van der Waals surface area contributed by atoms with Crippen LogP contribution in [0.25, 0.3) is 22.1 Å². The van der Waals surface area contributed by atoms with Crippen LogP contribution in [0.2, 0.25) is 0 Å². The smallest absolute Gasteiger partial charge is 0.311 e. The van der Waals surface area contributed by atoms with Gasteiger partial charge in [-0.05, 0) is 42.2 Å². The number of rotatable bonds is 5. The van der Waals surface area contributed by atoms with E-state index in [1.807, 2.05) is 24.3 Å². The minimum atomic E-state index is -0.236. The molecule has 0 saturated heterocycles. The highest BCUT2D eigenvalue weighted by molar-refractivity contribution is 9.10. The molecular formula is C23H21BrO4. The third kappa shape index (κ3) is 4.20. The molecule has 1 saturated carbocycles. The van der Waals surface area contributed by atoms with Gasteiger partial charge < -0.3 is 9.15 Å². The predicted octanol–water partition coefficient (Wildman–Crippen LogP) is 6.10. The van der Waals surface area contributed by atoms with Crippen molar-refractivity contribution in [2.24, 2.45) is 5.92 Å². The molecule has 2 aromatic carbocycles. The van der Waals surface area contributed by atoms with Crippen LogP contribution in [0.15, 0.2) is 62.4 Å². The zero-order valence-corrected chi connectivity index (χ0v) is 17.0. The first-order chi connectivity index (χ1) is 13.6. The van der Waals surface area contributed by atoms with Gasteiger partial charge in [-0.3, -0.25) is 9.59 Å². The van der Waals surface area contributed by atoms with E-state index < -0.39 is 0 Å². The van der Waals surface area contributed by atoms with Crippen LogP contribution in [-0.4, -0.2) is 5.97 Å². The summed E-state index contributed by atoms with van der Waals surface area (Å²) >= 11 is 3.39. The Morgan fingerprint density at radius 2 is 1.86 bits per heavy atom. The minimum absolute atomic E-state index is 0.109. The lowest BCUT2D eigenvalue weighted by Gasteiger charge is -2.09. The summed E-state index contributed by atoms with van der Waals surface area (Å²) in [7, 11) is 0. The standard InChI is InChI=1S/C23H21BrO4/c24-17-8-6-16(7-9-17)20-14-27-21-13-18(10-11-19(21)23(20)26)28-22(25)12-5-15-3-1-2-4-15/h6-11,13-15H,1-5,12H2. The first kappa shape index (κ1) is 18.9. The molecule has 0 bridgehead atoms. The molecule has 4 nitrogen and oxygen atoms in total. The van der Waals surface area contributed by atoms with Crippen LogP contribution in [0.3, 0.4) is 0 Å². The molecule has 1 aliphatic carbocycles. The van der Waals surface area contributed by atoms with Crippen LogP contribution in [0.5, 0.6) is 5.75 Å². The second-order valence-corrected chi connectivity index (χ2v) is 8.22. The molecule has 28 heavy (non-hydrogen) atoms. The summed E-state index contributed by atoms with van der Waals surface area (Å²) in [4.78, 5) is 24.9. The molecule has 0 atom stereocenters. The lowest BCUT2D eigenvalue weighted by atomic mass is 10.0. The molecule has 1 heterocycles. The number of hydrogen-bond donors (Lipinski definition) is 0. The number of carbonyl (C=O) groups excluding carboxylic acids is 1. The molecule has 1 aliphatic rings. The monoisotopic (exact) mass is 440 g/mol. The third-order valence-corrected chi connectivity index (χ3v) is 5.89. The van der Waals surface area contributed by atoms with E-state index in [4.69, 9.17) is 9.15 Å². The second-order valence-electron chi connectivity index (χ2n) is 7.31. The van der Waals surface area contributed by atoms with Gasteiger partial charge in [0.15, 0.2) is 5.43 Å². The zero-order chi connectivity index (χ0) is 19.5. The average Bonchev–Trinajstić information content (AvgIpc) is 3.21. The second kappa shape index (κ2) is 8.31. The first-order valence-corrected chi connectivity index (χ1v) is 10.4. The number of fused-ring (bicyclic) bond motifs is 1. The van der Waals surface area contributed by atoms with Gasteiger partial charge in [-0.15, -0.1) is 0 Å². The molecule has 0 N–H and O–H groups in total. The Kier molecular flexibility index (Phi) is 5.62. The van der Waals surface area contributed by atoms with Crippen LogP contribution in [0.4, 0.5) is 0 Å². The van der Waals surface area contributed by atoms with Crippen molar-refractivity contribution < 1.29 is 13.9 Å². The number of benzene rings is 2. The van der Waals surface area contributed by atoms with Gasteiger partial charge >= 0.3 is 5.97 Å². The van der Waals surface area contributed by atoms with Gasteiger partial charge in [-0.1, -0.05) is 53.7 Å². The highest BCUT2D eigenvalue weighted by Gasteiger charge is 2.17. The van der Waals surface area contributed by atoms with Crippen LogP contribution in [-0.2, 0) is 4.79 Å². The van der Waals surface area contributed by atoms with E-state index in [1.165, 1.54) is 31.9 Å². The van der Waals surface area contributed by atoms with E-state index in [2.05, 4.69) is 15.9 Å². The van der Waals surface area contributed by atoms with Crippen LogP contribution < -0.4 is 10.2 Å². The van der Waals surface area contributed by atoms with Crippen molar-refractivity contribution in [3.05, 3.63) is 63.4 Å². The number of halogens is 1. The Bertz CT molecular complexity index is 1050. The molecule has 1 aromatic heterocycles. The summed E-state index contributed by atoms with van der Waals surface area (Å²) in [6.07, 6.45) is 7.74. The number of hydrogen-bond acceptors (Lipinski definition) is 4. The molecule has 0 amide bonds. The molecule has 0 radical (unpaired) electrons. The summed E-state index contributed by atoms with van der Waals surface area (Å²) in [6, 6.07) is 12.4. The normalized spacial score (nSPS) is 14.5. The summed E-state index contributed by atoms with van der Waals surface area (Å²) in [5, 5.41) is 0.464. The minimum Gasteiger partial charge on any atom is -0.463 e. The van der Waals surface area contributed by atoms with Crippen molar-refractivity contribution in [2.45, 2.75) is 38.5 Å². The fourth-order valence-electron chi connectivity index (χ4n) is 3.80. The SMILES string of the molecule is O=C(CCC1CCCC1)Oc1ccc2c(=O)c(-c3ccc(Br)cc3)coc2c1. The molecule has 144 valence electrons. The van der Waals surface area contributed by atoms with E-state index in [0.717, 1.165) is 16.5 Å². The number of esters is 1.